The number of hydrogen-bond donors (Lipinski definition) is 4. The van der Waals surface area contributed by atoms with Gasteiger partial charge in [-0.2, -0.15) is 0 Å². The molecule has 278 valence electrons. The summed E-state index contributed by atoms with van der Waals surface area (Å²) in [5, 5.41) is 38.3. The summed E-state index contributed by atoms with van der Waals surface area (Å²) < 4.78 is 13.4. The largest absolute Gasteiger partial charge is 0.396 e. The summed E-state index contributed by atoms with van der Waals surface area (Å²) in [5.74, 6) is -2.29. The lowest BCUT2D eigenvalue weighted by Crippen LogP contribution is -2.48. The third kappa shape index (κ3) is 23.3. The summed E-state index contributed by atoms with van der Waals surface area (Å²) in [5.41, 5.74) is 0. The number of aliphatic hydroxyl groups is 4. The molecule has 0 aliphatic rings. The van der Waals surface area contributed by atoms with E-state index in [2.05, 4.69) is 13.8 Å². The first-order valence-corrected chi connectivity index (χ1v) is 21.4. The number of aliphatic hydroxyl groups excluding tert-OH is 3. The normalized spacial score (nSPS) is 14.6. The summed E-state index contributed by atoms with van der Waals surface area (Å²) in [6, 6.07) is 0. The maximum Gasteiger partial charge on any atom is 0.385 e. The van der Waals surface area contributed by atoms with Crippen LogP contribution in [0, 0.1) is 5.92 Å². The molecule has 0 aromatic heterocycles. The van der Waals surface area contributed by atoms with E-state index in [-0.39, 0.29) is 25.0 Å². The van der Waals surface area contributed by atoms with E-state index in [1.165, 1.54) is 116 Å². The number of unbranched alkanes of at least 4 members (excludes halogenated alkanes) is 24. The summed E-state index contributed by atoms with van der Waals surface area (Å²) in [7, 11) is -2.76. The van der Waals surface area contributed by atoms with Gasteiger partial charge in [-0.25, -0.2) is 0 Å². The molecule has 0 rings (SSSR count). The smallest absolute Gasteiger partial charge is 0.385 e. The number of ketones is 2. The minimum atomic E-state index is -2.76. The first-order chi connectivity index (χ1) is 22.8. The van der Waals surface area contributed by atoms with Gasteiger partial charge in [-0.15, -0.1) is 0 Å². The fraction of sp³-hybridized carbons (Fsp3) is 0.949. The quantitative estimate of drug-likeness (QED) is 0.0377. The Morgan fingerprint density at radius 2 is 0.915 bits per heavy atom. The van der Waals surface area contributed by atoms with Crippen LogP contribution in [0.15, 0.2) is 0 Å². The van der Waals surface area contributed by atoms with Crippen LogP contribution in [0.3, 0.4) is 0 Å². The molecular formula is C39H76O7P+. The molecule has 8 heteroatoms. The van der Waals surface area contributed by atoms with Crippen LogP contribution in [0.2, 0.25) is 0 Å². The molecule has 0 saturated heterocycles. The molecule has 0 heterocycles. The fourth-order valence-electron chi connectivity index (χ4n) is 6.59. The molecule has 7 nitrogen and oxygen atoms in total. The Labute approximate surface area is 290 Å². The van der Waals surface area contributed by atoms with Crippen molar-refractivity contribution in [2.45, 2.75) is 211 Å². The monoisotopic (exact) mass is 688 g/mol. The molecule has 4 N–H and O–H groups in total. The van der Waals surface area contributed by atoms with Gasteiger partial charge < -0.3 is 20.4 Å². The van der Waals surface area contributed by atoms with Crippen molar-refractivity contribution >= 4 is 19.4 Å². The number of rotatable bonds is 37. The minimum absolute atomic E-state index is 0.00149. The van der Waals surface area contributed by atoms with Gasteiger partial charge in [0.05, 0.1) is 6.61 Å². The lowest BCUT2D eigenvalue weighted by Gasteiger charge is -2.26. The van der Waals surface area contributed by atoms with Crippen molar-refractivity contribution in [3.05, 3.63) is 0 Å². The molecule has 0 aromatic carbocycles. The molecule has 0 spiro atoms. The van der Waals surface area contributed by atoms with Crippen molar-refractivity contribution in [2.24, 2.45) is 5.92 Å². The Morgan fingerprint density at radius 1 is 0.574 bits per heavy atom. The Bertz CT molecular complexity index is 762. The molecule has 0 radical (unpaired) electrons. The van der Waals surface area contributed by atoms with Crippen LogP contribution in [-0.4, -0.2) is 62.8 Å². The molecule has 0 aliphatic carbocycles. The second kappa shape index (κ2) is 32.5. The average molecular weight is 688 g/mol. The van der Waals surface area contributed by atoms with Crippen molar-refractivity contribution in [3.63, 3.8) is 0 Å². The third-order valence-corrected chi connectivity index (χ3v) is 11.8. The Morgan fingerprint density at radius 3 is 1.26 bits per heavy atom. The Balaban J connectivity index is 4.71. The zero-order chi connectivity index (χ0) is 35.0. The van der Waals surface area contributed by atoms with Gasteiger partial charge in [0.2, 0.25) is 5.78 Å². The lowest BCUT2D eigenvalue weighted by molar-refractivity contribution is -0.142. The highest BCUT2D eigenvalue weighted by molar-refractivity contribution is 7.47. The molecule has 0 amide bonds. The zero-order valence-corrected chi connectivity index (χ0v) is 31.6. The highest BCUT2D eigenvalue weighted by Crippen LogP contribution is 2.47. The second-order valence-corrected chi connectivity index (χ2v) is 15.9. The molecule has 0 saturated carbocycles. The van der Waals surface area contributed by atoms with E-state index in [0.717, 1.165) is 38.5 Å². The first kappa shape index (κ1) is 46.3. The SMILES string of the molecule is CCCCCCCCCCCCCCCC(=O)C(CCO)C(O)(C(=O)CCCCCCCCCCCCCCC)[P+](=O)CC(O)CO. The molecule has 0 bridgehead atoms. The third-order valence-electron chi connectivity index (χ3n) is 9.70. The summed E-state index contributed by atoms with van der Waals surface area (Å²) in [6.45, 7) is 3.40. The summed E-state index contributed by atoms with van der Waals surface area (Å²) in [4.78, 5) is 26.8. The standard InChI is InChI=1S/C39H76O7P/c1-3-5-7-9-11-13-15-17-19-21-23-25-27-29-37(43)36(31-32-40)39(45,47(46)34-35(42)33-41)38(44)30-28-26-24-22-20-18-16-14-12-10-8-6-4-2/h35-36,40-42,45H,3-34H2,1-2H3/q+1. The minimum Gasteiger partial charge on any atom is -0.396 e. The summed E-state index contributed by atoms with van der Waals surface area (Å²) >= 11 is 0. The molecule has 47 heavy (non-hydrogen) atoms. The Hall–Kier alpha value is -0.720. The van der Waals surface area contributed by atoms with Crippen LogP contribution in [-0.2, 0) is 14.2 Å². The maximum atomic E-state index is 13.5. The molecular weight excluding hydrogens is 611 g/mol. The van der Waals surface area contributed by atoms with Crippen molar-refractivity contribution < 1.29 is 34.6 Å². The second-order valence-electron chi connectivity index (χ2n) is 14.1. The van der Waals surface area contributed by atoms with Crippen LogP contribution in [0.1, 0.15) is 200 Å². The maximum absolute atomic E-state index is 13.5. The molecule has 0 aromatic rings. The molecule has 4 atom stereocenters. The van der Waals surface area contributed by atoms with Crippen molar-refractivity contribution in [2.75, 3.05) is 19.4 Å². The van der Waals surface area contributed by atoms with E-state index < -0.39 is 50.3 Å². The van der Waals surface area contributed by atoms with Gasteiger partial charge in [0, 0.05) is 19.4 Å². The van der Waals surface area contributed by atoms with Crippen LogP contribution in [0.25, 0.3) is 0 Å². The number of carbonyl (C=O) groups excluding carboxylic acids is 2. The predicted octanol–water partition coefficient (Wildman–Crippen LogP) is 9.95. The Kier molecular flexibility index (Phi) is 32.0. The number of hydrogen-bond acceptors (Lipinski definition) is 7. The molecule has 0 aliphatic heterocycles. The van der Waals surface area contributed by atoms with Gasteiger partial charge in [-0.1, -0.05) is 173 Å². The van der Waals surface area contributed by atoms with Crippen LogP contribution in [0.5, 0.6) is 0 Å². The van der Waals surface area contributed by atoms with Gasteiger partial charge in [-0.05, 0) is 19.3 Å². The topological polar surface area (TPSA) is 132 Å². The van der Waals surface area contributed by atoms with Gasteiger partial charge in [-0.3, -0.25) is 9.59 Å². The van der Waals surface area contributed by atoms with Crippen molar-refractivity contribution in [1.82, 2.24) is 0 Å². The van der Waals surface area contributed by atoms with E-state index in [4.69, 9.17) is 0 Å². The van der Waals surface area contributed by atoms with Gasteiger partial charge in [0.25, 0.3) is 0 Å². The average Bonchev–Trinajstić information content (AvgIpc) is 3.07. The predicted molar refractivity (Wildman–Crippen MR) is 196 cm³/mol. The van der Waals surface area contributed by atoms with Crippen LogP contribution in [0.4, 0.5) is 0 Å². The lowest BCUT2D eigenvalue weighted by atomic mass is 9.86. The van der Waals surface area contributed by atoms with Gasteiger partial charge in [0.15, 0.2) is 6.16 Å². The van der Waals surface area contributed by atoms with E-state index >= 15 is 0 Å². The molecule has 4 unspecified atom stereocenters. The van der Waals surface area contributed by atoms with Gasteiger partial charge >= 0.3 is 13.1 Å². The first-order valence-electron chi connectivity index (χ1n) is 19.9. The van der Waals surface area contributed by atoms with Crippen molar-refractivity contribution in [1.29, 1.82) is 0 Å². The van der Waals surface area contributed by atoms with E-state index in [0.29, 0.717) is 12.8 Å². The zero-order valence-electron chi connectivity index (χ0n) is 30.7. The highest BCUT2D eigenvalue weighted by atomic mass is 31.1. The van der Waals surface area contributed by atoms with Crippen molar-refractivity contribution in [3.8, 4) is 0 Å². The van der Waals surface area contributed by atoms with E-state index in [9.17, 15) is 34.6 Å². The van der Waals surface area contributed by atoms with Crippen LogP contribution < -0.4 is 0 Å². The number of Topliss-reactive ketones (excluding diaryl/α,β-unsaturated/α-hetero) is 2. The fourth-order valence-corrected chi connectivity index (χ4v) is 8.38. The number of carbonyl (C=O) groups is 2. The van der Waals surface area contributed by atoms with E-state index in [1.54, 1.807) is 0 Å². The summed E-state index contributed by atoms with van der Waals surface area (Å²) in [6.07, 6.45) is 28.4. The highest BCUT2D eigenvalue weighted by Gasteiger charge is 2.61. The molecule has 0 fully saturated rings. The van der Waals surface area contributed by atoms with Crippen LogP contribution >= 0.6 is 7.80 Å². The van der Waals surface area contributed by atoms with E-state index in [1.807, 2.05) is 0 Å². The van der Waals surface area contributed by atoms with Gasteiger partial charge in [0.1, 0.15) is 17.8 Å².